The van der Waals surface area contributed by atoms with E-state index in [4.69, 9.17) is 0 Å². The Morgan fingerprint density at radius 2 is 1.91 bits per heavy atom. The summed E-state index contributed by atoms with van der Waals surface area (Å²) < 4.78 is 1.07. The zero-order valence-electron chi connectivity index (χ0n) is 12.5. The van der Waals surface area contributed by atoms with Gasteiger partial charge in [-0.25, -0.2) is 9.78 Å². The molecule has 0 atom stereocenters. The van der Waals surface area contributed by atoms with Crippen LogP contribution >= 0.6 is 11.3 Å². The van der Waals surface area contributed by atoms with Crippen LogP contribution in [-0.4, -0.2) is 11.0 Å². The van der Waals surface area contributed by atoms with E-state index in [1.165, 1.54) is 16.9 Å². The standard InChI is InChI=1S/C17H17N3OS/c1-3-12-7-9-13(10-8-12)18-16(21)20-17-19-15-11(2)5-4-6-14(15)22-17/h4-10H,3H2,1-2H3,(H2,18,19,20,21). The number of carbonyl (C=O) groups is 1. The van der Waals surface area contributed by atoms with E-state index in [-0.39, 0.29) is 6.03 Å². The third-order valence-corrected chi connectivity index (χ3v) is 4.40. The summed E-state index contributed by atoms with van der Waals surface area (Å²) in [4.78, 5) is 16.5. The van der Waals surface area contributed by atoms with Gasteiger partial charge in [0.05, 0.1) is 10.2 Å². The smallest absolute Gasteiger partial charge is 0.308 e. The summed E-state index contributed by atoms with van der Waals surface area (Å²) in [5.41, 5.74) is 4.06. The fraction of sp³-hybridized carbons (Fsp3) is 0.176. The lowest BCUT2D eigenvalue weighted by atomic mass is 10.1. The van der Waals surface area contributed by atoms with Gasteiger partial charge in [0.15, 0.2) is 5.13 Å². The molecule has 0 unspecified atom stereocenters. The predicted octanol–water partition coefficient (Wildman–Crippen LogP) is 4.81. The monoisotopic (exact) mass is 311 g/mol. The molecule has 0 radical (unpaired) electrons. The number of benzene rings is 2. The summed E-state index contributed by atoms with van der Waals surface area (Å²) in [5.74, 6) is 0. The SMILES string of the molecule is CCc1ccc(NC(=O)Nc2nc3c(C)cccc3s2)cc1. The molecule has 0 fully saturated rings. The van der Waals surface area contributed by atoms with Crippen molar-refractivity contribution < 1.29 is 4.79 Å². The van der Waals surface area contributed by atoms with Crippen molar-refractivity contribution >= 4 is 38.4 Å². The van der Waals surface area contributed by atoms with Crippen LogP contribution < -0.4 is 10.6 Å². The lowest BCUT2D eigenvalue weighted by Gasteiger charge is -2.05. The number of anilines is 2. The molecular formula is C17H17N3OS. The Balaban J connectivity index is 1.71. The normalized spacial score (nSPS) is 10.6. The minimum absolute atomic E-state index is 0.277. The van der Waals surface area contributed by atoms with E-state index < -0.39 is 0 Å². The molecule has 0 saturated heterocycles. The molecule has 0 spiro atoms. The van der Waals surface area contributed by atoms with Crippen LogP contribution in [0.15, 0.2) is 42.5 Å². The Hall–Kier alpha value is -2.40. The average Bonchev–Trinajstić information content (AvgIpc) is 2.92. The Kier molecular flexibility index (Phi) is 4.06. The van der Waals surface area contributed by atoms with E-state index in [2.05, 4.69) is 22.5 Å². The van der Waals surface area contributed by atoms with E-state index in [1.54, 1.807) is 0 Å². The van der Waals surface area contributed by atoms with Crippen molar-refractivity contribution in [2.24, 2.45) is 0 Å². The number of hydrogen-bond donors (Lipinski definition) is 2. The Bertz CT molecular complexity index is 808. The van der Waals surface area contributed by atoms with Crippen LogP contribution in [0, 0.1) is 6.92 Å². The van der Waals surface area contributed by atoms with Crippen molar-refractivity contribution in [3.63, 3.8) is 0 Å². The molecule has 0 aliphatic rings. The Labute approximate surface area is 133 Å². The molecule has 0 aliphatic carbocycles. The molecule has 0 bridgehead atoms. The summed E-state index contributed by atoms with van der Waals surface area (Å²) in [6, 6.07) is 13.6. The number of aromatic nitrogens is 1. The van der Waals surface area contributed by atoms with Crippen molar-refractivity contribution in [1.29, 1.82) is 0 Å². The zero-order chi connectivity index (χ0) is 15.5. The number of nitrogens with zero attached hydrogens (tertiary/aromatic N) is 1. The number of para-hydroxylation sites is 1. The van der Waals surface area contributed by atoms with E-state index >= 15 is 0 Å². The van der Waals surface area contributed by atoms with Crippen LogP contribution in [0.5, 0.6) is 0 Å². The van der Waals surface area contributed by atoms with Gasteiger partial charge in [-0.3, -0.25) is 5.32 Å². The van der Waals surface area contributed by atoms with Gasteiger partial charge in [0.1, 0.15) is 0 Å². The van der Waals surface area contributed by atoms with Crippen molar-refractivity contribution in [2.75, 3.05) is 10.6 Å². The lowest BCUT2D eigenvalue weighted by Crippen LogP contribution is -2.19. The van der Waals surface area contributed by atoms with Gasteiger partial charge in [-0.15, -0.1) is 0 Å². The van der Waals surface area contributed by atoms with Gasteiger partial charge in [-0.2, -0.15) is 0 Å². The van der Waals surface area contributed by atoms with Gasteiger partial charge in [-0.1, -0.05) is 42.5 Å². The minimum atomic E-state index is -0.277. The molecule has 0 saturated carbocycles. The summed E-state index contributed by atoms with van der Waals surface area (Å²) >= 11 is 1.47. The van der Waals surface area contributed by atoms with Gasteiger partial charge >= 0.3 is 6.03 Å². The molecule has 1 heterocycles. The molecule has 2 amide bonds. The molecule has 112 valence electrons. The number of amides is 2. The van der Waals surface area contributed by atoms with Crippen molar-refractivity contribution in [2.45, 2.75) is 20.3 Å². The molecule has 5 heteroatoms. The van der Waals surface area contributed by atoms with Crippen molar-refractivity contribution in [1.82, 2.24) is 4.98 Å². The highest BCUT2D eigenvalue weighted by Gasteiger charge is 2.09. The van der Waals surface area contributed by atoms with Crippen LogP contribution in [0.3, 0.4) is 0 Å². The van der Waals surface area contributed by atoms with Crippen LogP contribution in [-0.2, 0) is 6.42 Å². The van der Waals surface area contributed by atoms with Gasteiger partial charge in [0, 0.05) is 5.69 Å². The van der Waals surface area contributed by atoms with E-state index in [1.807, 2.05) is 49.4 Å². The third-order valence-electron chi connectivity index (χ3n) is 3.46. The first-order valence-electron chi connectivity index (χ1n) is 7.19. The first-order chi connectivity index (χ1) is 10.7. The first kappa shape index (κ1) is 14.5. The van der Waals surface area contributed by atoms with Crippen LogP contribution in [0.2, 0.25) is 0 Å². The van der Waals surface area contributed by atoms with Crippen LogP contribution in [0.4, 0.5) is 15.6 Å². The maximum Gasteiger partial charge on any atom is 0.325 e. The third kappa shape index (κ3) is 3.09. The second kappa shape index (κ2) is 6.15. The summed E-state index contributed by atoms with van der Waals surface area (Å²) in [7, 11) is 0. The molecule has 0 aliphatic heterocycles. The lowest BCUT2D eigenvalue weighted by molar-refractivity contribution is 0.262. The average molecular weight is 311 g/mol. The van der Waals surface area contributed by atoms with Crippen molar-refractivity contribution in [3.8, 4) is 0 Å². The van der Waals surface area contributed by atoms with E-state index in [0.29, 0.717) is 5.13 Å². The Morgan fingerprint density at radius 1 is 1.14 bits per heavy atom. The summed E-state index contributed by atoms with van der Waals surface area (Å²) in [5, 5.41) is 6.21. The highest BCUT2D eigenvalue weighted by molar-refractivity contribution is 7.22. The van der Waals surface area contributed by atoms with Crippen LogP contribution in [0.1, 0.15) is 18.1 Å². The zero-order valence-corrected chi connectivity index (χ0v) is 13.3. The topological polar surface area (TPSA) is 54.0 Å². The second-order valence-electron chi connectivity index (χ2n) is 5.07. The summed E-state index contributed by atoms with van der Waals surface area (Å²) in [6.07, 6.45) is 0.984. The van der Waals surface area contributed by atoms with Gasteiger partial charge < -0.3 is 5.32 Å². The van der Waals surface area contributed by atoms with Gasteiger partial charge in [0.2, 0.25) is 0 Å². The van der Waals surface area contributed by atoms with E-state index in [9.17, 15) is 4.79 Å². The maximum atomic E-state index is 12.0. The number of aryl methyl sites for hydroxylation is 2. The number of hydrogen-bond acceptors (Lipinski definition) is 3. The number of urea groups is 1. The molecule has 2 N–H and O–H groups in total. The highest BCUT2D eigenvalue weighted by Crippen LogP contribution is 2.27. The number of fused-ring (bicyclic) bond motifs is 1. The first-order valence-corrected chi connectivity index (χ1v) is 8.00. The van der Waals surface area contributed by atoms with Gasteiger partial charge in [-0.05, 0) is 42.7 Å². The molecule has 1 aromatic heterocycles. The fourth-order valence-electron chi connectivity index (χ4n) is 2.22. The molecule has 22 heavy (non-hydrogen) atoms. The number of nitrogens with one attached hydrogen (secondary N) is 2. The summed E-state index contributed by atoms with van der Waals surface area (Å²) in [6.45, 7) is 4.12. The molecule has 3 rings (SSSR count). The molecule has 2 aromatic carbocycles. The van der Waals surface area contributed by atoms with E-state index in [0.717, 1.165) is 27.9 Å². The quantitative estimate of drug-likeness (QED) is 0.729. The highest BCUT2D eigenvalue weighted by atomic mass is 32.1. The number of carbonyl (C=O) groups excluding carboxylic acids is 1. The second-order valence-corrected chi connectivity index (χ2v) is 6.10. The largest absolute Gasteiger partial charge is 0.325 e. The predicted molar refractivity (Wildman–Crippen MR) is 92.8 cm³/mol. The molecular weight excluding hydrogens is 294 g/mol. The number of thiazole rings is 1. The van der Waals surface area contributed by atoms with Crippen LogP contribution in [0.25, 0.3) is 10.2 Å². The van der Waals surface area contributed by atoms with Gasteiger partial charge in [0.25, 0.3) is 0 Å². The minimum Gasteiger partial charge on any atom is -0.308 e. The molecule has 3 aromatic rings. The maximum absolute atomic E-state index is 12.0. The number of rotatable bonds is 3. The fourth-order valence-corrected chi connectivity index (χ4v) is 3.16. The van der Waals surface area contributed by atoms with Crippen molar-refractivity contribution in [3.05, 3.63) is 53.6 Å². The Morgan fingerprint density at radius 3 is 2.59 bits per heavy atom. The molecule has 4 nitrogen and oxygen atoms in total.